The van der Waals surface area contributed by atoms with Gasteiger partial charge in [-0.05, 0) is 29.3 Å². The average molecular weight is 380 g/mol. The number of benzene rings is 3. The molecule has 0 bridgehead atoms. The molecule has 28 heavy (non-hydrogen) atoms. The Bertz CT molecular complexity index is 1010. The van der Waals surface area contributed by atoms with Crippen LogP contribution in [0.2, 0.25) is 0 Å². The lowest BCUT2D eigenvalue weighted by Gasteiger charge is -2.17. The topological polar surface area (TPSA) is 90.7 Å². The van der Waals surface area contributed by atoms with Crippen molar-refractivity contribution in [1.82, 2.24) is 5.32 Å². The van der Waals surface area contributed by atoms with Crippen molar-refractivity contribution in [1.29, 1.82) is 0 Å². The van der Waals surface area contributed by atoms with Crippen LogP contribution in [0.5, 0.6) is 11.5 Å². The molecule has 7 nitrogen and oxygen atoms in total. The molecule has 144 valence electrons. The fraction of sp³-hybridized carbons (Fsp3) is 0.190. The van der Waals surface area contributed by atoms with Crippen LogP contribution >= 0.6 is 0 Å². The van der Waals surface area contributed by atoms with E-state index < -0.39 is 4.92 Å². The Morgan fingerprint density at radius 1 is 1.11 bits per heavy atom. The number of ether oxygens (including phenoxy) is 2. The number of nitrogens with one attached hydrogen (secondary N) is 1. The van der Waals surface area contributed by atoms with Gasteiger partial charge in [0.1, 0.15) is 0 Å². The standard InChI is InChI=1S/C21H20N2O5/c1-14(17-9-5-7-15-6-3-4-8-18(15)17)22-21(24)13-28-20-12-16(23(25)26)10-11-19(20)27-2/h3-12,14H,13H2,1-2H3,(H,22,24)/t14-/m1/s1. The van der Waals surface area contributed by atoms with Crippen molar-refractivity contribution in [3.63, 3.8) is 0 Å². The molecule has 0 saturated heterocycles. The van der Waals surface area contributed by atoms with Crippen molar-refractivity contribution >= 4 is 22.4 Å². The first kappa shape index (κ1) is 19.2. The molecule has 0 fully saturated rings. The second kappa shape index (κ2) is 8.39. The number of amides is 1. The highest BCUT2D eigenvalue weighted by Crippen LogP contribution is 2.31. The Morgan fingerprint density at radius 3 is 2.61 bits per heavy atom. The highest BCUT2D eigenvalue weighted by atomic mass is 16.6. The lowest BCUT2D eigenvalue weighted by atomic mass is 10.00. The normalized spacial score (nSPS) is 11.6. The van der Waals surface area contributed by atoms with Crippen LogP contribution in [-0.2, 0) is 4.79 Å². The van der Waals surface area contributed by atoms with Crippen molar-refractivity contribution in [2.24, 2.45) is 0 Å². The summed E-state index contributed by atoms with van der Waals surface area (Å²) in [5.41, 5.74) is 0.861. The summed E-state index contributed by atoms with van der Waals surface area (Å²) in [5.74, 6) is 0.124. The number of carbonyl (C=O) groups excluding carboxylic acids is 1. The molecule has 0 aliphatic carbocycles. The van der Waals surface area contributed by atoms with Crippen LogP contribution in [0.25, 0.3) is 10.8 Å². The molecule has 0 saturated carbocycles. The maximum absolute atomic E-state index is 12.3. The molecule has 1 amide bonds. The van der Waals surface area contributed by atoms with Crippen LogP contribution < -0.4 is 14.8 Å². The number of hydrogen-bond donors (Lipinski definition) is 1. The van der Waals surface area contributed by atoms with Gasteiger partial charge in [-0.1, -0.05) is 42.5 Å². The van der Waals surface area contributed by atoms with Gasteiger partial charge in [0, 0.05) is 6.07 Å². The predicted octanol–water partition coefficient (Wildman–Crippen LogP) is 4.01. The number of methoxy groups -OCH3 is 1. The summed E-state index contributed by atoms with van der Waals surface area (Å²) in [4.78, 5) is 22.7. The fourth-order valence-corrected chi connectivity index (χ4v) is 3.02. The van der Waals surface area contributed by atoms with E-state index in [0.29, 0.717) is 5.75 Å². The summed E-state index contributed by atoms with van der Waals surface area (Å²) in [6.45, 7) is 1.61. The molecule has 0 aromatic heterocycles. The van der Waals surface area contributed by atoms with E-state index in [1.165, 1.54) is 25.3 Å². The summed E-state index contributed by atoms with van der Waals surface area (Å²) >= 11 is 0. The van der Waals surface area contributed by atoms with Crippen LogP contribution in [0.3, 0.4) is 0 Å². The first-order chi connectivity index (χ1) is 13.5. The number of fused-ring (bicyclic) bond motifs is 1. The molecular formula is C21H20N2O5. The van der Waals surface area contributed by atoms with Gasteiger partial charge < -0.3 is 14.8 Å². The molecule has 1 atom stereocenters. The molecule has 3 aromatic carbocycles. The molecule has 0 spiro atoms. The van der Waals surface area contributed by atoms with Gasteiger partial charge in [0.2, 0.25) is 0 Å². The molecule has 0 aliphatic heterocycles. The molecule has 3 rings (SSSR count). The zero-order chi connectivity index (χ0) is 20.1. The Morgan fingerprint density at radius 2 is 1.86 bits per heavy atom. The van der Waals surface area contributed by atoms with Crippen LogP contribution in [0.15, 0.2) is 60.7 Å². The van der Waals surface area contributed by atoms with Crippen molar-refractivity contribution in [3.05, 3.63) is 76.3 Å². The van der Waals surface area contributed by atoms with Crippen molar-refractivity contribution in [3.8, 4) is 11.5 Å². The second-order valence-corrected chi connectivity index (χ2v) is 6.24. The molecule has 7 heteroatoms. The third-order valence-electron chi connectivity index (χ3n) is 4.38. The zero-order valence-electron chi connectivity index (χ0n) is 15.5. The van der Waals surface area contributed by atoms with Crippen LogP contribution in [0.1, 0.15) is 18.5 Å². The van der Waals surface area contributed by atoms with E-state index in [-0.39, 0.29) is 30.0 Å². The molecule has 0 unspecified atom stereocenters. The van der Waals surface area contributed by atoms with Gasteiger partial charge in [-0.3, -0.25) is 14.9 Å². The van der Waals surface area contributed by atoms with E-state index in [2.05, 4.69) is 5.32 Å². The first-order valence-electron chi connectivity index (χ1n) is 8.72. The number of non-ortho nitro benzene ring substituents is 1. The largest absolute Gasteiger partial charge is 0.493 e. The number of nitro benzene ring substituents is 1. The summed E-state index contributed by atoms with van der Waals surface area (Å²) in [6.07, 6.45) is 0. The number of nitrogens with zero attached hydrogens (tertiary/aromatic N) is 1. The monoisotopic (exact) mass is 380 g/mol. The van der Waals surface area contributed by atoms with E-state index in [0.717, 1.165) is 16.3 Å². The smallest absolute Gasteiger partial charge is 0.273 e. The lowest BCUT2D eigenvalue weighted by molar-refractivity contribution is -0.385. The highest BCUT2D eigenvalue weighted by molar-refractivity contribution is 5.87. The predicted molar refractivity (Wildman–Crippen MR) is 106 cm³/mol. The van der Waals surface area contributed by atoms with E-state index in [4.69, 9.17) is 9.47 Å². The fourth-order valence-electron chi connectivity index (χ4n) is 3.02. The van der Waals surface area contributed by atoms with Gasteiger partial charge >= 0.3 is 0 Å². The Balaban J connectivity index is 1.69. The molecule has 0 aliphatic rings. The van der Waals surface area contributed by atoms with Crippen molar-refractivity contribution in [2.45, 2.75) is 13.0 Å². The zero-order valence-corrected chi connectivity index (χ0v) is 15.5. The minimum Gasteiger partial charge on any atom is -0.493 e. The second-order valence-electron chi connectivity index (χ2n) is 6.24. The molecule has 0 radical (unpaired) electrons. The van der Waals surface area contributed by atoms with Gasteiger partial charge in [-0.25, -0.2) is 0 Å². The maximum Gasteiger partial charge on any atom is 0.273 e. The number of carbonyl (C=O) groups is 1. The van der Waals surface area contributed by atoms with Gasteiger partial charge in [0.25, 0.3) is 11.6 Å². The van der Waals surface area contributed by atoms with E-state index in [1.807, 2.05) is 49.4 Å². The van der Waals surface area contributed by atoms with Gasteiger partial charge in [-0.15, -0.1) is 0 Å². The number of hydrogen-bond acceptors (Lipinski definition) is 5. The molecule has 0 heterocycles. The Kier molecular flexibility index (Phi) is 5.74. The lowest BCUT2D eigenvalue weighted by Crippen LogP contribution is -2.31. The van der Waals surface area contributed by atoms with Crippen LogP contribution in [0, 0.1) is 10.1 Å². The van der Waals surface area contributed by atoms with Gasteiger partial charge in [0.15, 0.2) is 18.1 Å². The third kappa shape index (κ3) is 4.20. The molecular weight excluding hydrogens is 360 g/mol. The number of nitro groups is 1. The maximum atomic E-state index is 12.3. The quantitative estimate of drug-likeness (QED) is 0.494. The third-order valence-corrected chi connectivity index (χ3v) is 4.38. The Hall–Kier alpha value is -3.61. The van der Waals surface area contributed by atoms with Gasteiger partial charge in [0.05, 0.1) is 24.1 Å². The van der Waals surface area contributed by atoms with E-state index in [9.17, 15) is 14.9 Å². The van der Waals surface area contributed by atoms with E-state index in [1.54, 1.807) is 0 Å². The average Bonchev–Trinajstić information content (AvgIpc) is 2.71. The van der Waals surface area contributed by atoms with Crippen molar-refractivity contribution < 1.29 is 19.2 Å². The van der Waals surface area contributed by atoms with Crippen LogP contribution in [-0.4, -0.2) is 24.5 Å². The highest BCUT2D eigenvalue weighted by Gasteiger charge is 2.16. The van der Waals surface area contributed by atoms with Crippen molar-refractivity contribution in [2.75, 3.05) is 13.7 Å². The summed E-state index contributed by atoms with van der Waals surface area (Å²) in [6, 6.07) is 17.7. The summed E-state index contributed by atoms with van der Waals surface area (Å²) < 4.78 is 10.6. The first-order valence-corrected chi connectivity index (χ1v) is 8.72. The van der Waals surface area contributed by atoms with E-state index >= 15 is 0 Å². The minimum absolute atomic E-state index is 0.139. The molecule has 3 aromatic rings. The summed E-state index contributed by atoms with van der Waals surface area (Å²) in [7, 11) is 1.43. The Labute approximate surface area is 162 Å². The SMILES string of the molecule is COc1ccc([N+](=O)[O-])cc1OCC(=O)N[C@H](C)c1cccc2ccccc12. The van der Waals surface area contributed by atoms with Crippen LogP contribution in [0.4, 0.5) is 5.69 Å². The summed E-state index contributed by atoms with van der Waals surface area (Å²) in [5, 5.41) is 16.0. The number of rotatable bonds is 7. The minimum atomic E-state index is -0.533. The van der Waals surface area contributed by atoms with Gasteiger partial charge in [-0.2, -0.15) is 0 Å². The molecule has 1 N–H and O–H groups in total.